The van der Waals surface area contributed by atoms with Gasteiger partial charge in [0.1, 0.15) is 17.3 Å². The van der Waals surface area contributed by atoms with Gasteiger partial charge in [0.2, 0.25) is 10.0 Å². The molecule has 0 saturated heterocycles. The Bertz CT molecular complexity index is 1220. The first kappa shape index (κ1) is 25.0. The van der Waals surface area contributed by atoms with Crippen molar-refractivity contribution in [1.82, 2.24) is 9.73 Å². The van der Waals surface area contributed by atoms with Crippen molar-refractivity contribution < 1.29 is 22.4 Å². The summed E-state index contributed by atoms with van der Waals surface area (Å²) < 4.78 is 37.5. The monoisotopic (exact) mass is 484 g/mol. The van der Waals surface area contributed by atoms with E-state index in [1.165, 1.54) is 10.5 Å². The molecule has 0 aliphatic carbocycles. The fraction of sp³-hybridized carbons (Fsp3) is 0.250. The van der Waals surface area contributed by atoms with E-state index in [9.17, 15) is 13.2 Å². The number of anilines is 1. The number of benzene rings is 2. The highest BCUT2D eigenvalue weighted by atomic mass is 32.2. The van der Waals surface area contributed by atoms with Crippen LogP contribution in [0.15, 0.2) is 75.1 Å². The standard InChI is InChI=1S/C24H28N4O5S/c1-4-28(5-2)34(30,31)22-13-6-18(7-14-22)23-15-12-21(33-23)16-26-27-24(29)17-25-19-8-10-20(32-3)11-9-19/h6-16,25H,4-5,17H2,1-3H3,(H,27,29)/b26-16+. The Hall–Kier alpha value is -3.63. The lowest BCUT2D eigenvalue weighted by atomic mass is 10.2. The van der Waals surface area contributed by atoms with E-state index in [0.717, 1.165) is 17.0 Å². The molecule has 0 atom stereocenters. The third-order valence-electron chi connectivity index (χ3n) is 5.03. The molecule has 2 aromatic carbocycles. The molecule has 0 aliphatic rings. The van der Waals surface area contributed by atoms with E-state index in [1.807, 2.05) is 12.1 Å². The van der Waals surface area contributed by atoms with Gasteiger partial charge in [-0.3, -0.25) is 4.79 Å². The van der Waals surface area contributed by atoms with Gasteiger partial charge in [0.25, 0.3) is 5.91 Å². The van der Waals surface area contributed by atoms with Crippen LogP contribution in [0.25, 0.3) is 11.3 Å². The zero-order valence-electron chi connectivity index (χ0n) is 19.3. The molecule has 0 fully saturated rings. The van der Waals surface area contributed by atoms with Crippen molar-refractivity contribution in [3.05, 3.63) is 66.4 Å². The van der Waals surface area contributed by atoms with E-state index in [4.69, 9.17) is 9.15 Å². The van der Waals surface area contributed by atoms with Gasteiger partial charge in [0.05, 0.1) is 24.8 Å². The van der Waals surface area contributed by atoms with Gasteiger partial charge in [-0.15, -0.1) is 0 Å². The molecule has 0 bridgehead atoms. The highest BCUT2D eigenvalue weighted by Crippen LogP contribution is 2.24. The summed E-state index contributed by atoms with van der Waals surface area (Å²) in [5.41, 5.74) is 3.94. The number of nitrogens with zero attached hydrogens (tertiary/aromatic N) is 2. The van der Waals surface area contributed by atoms with Crippen LogP contribution in [0.5, 0.6) is 5.75 Å². The molecule has 10 heteroatoms. The largest absolute Gasteiger partial charge is 0.497 e. The smallest absolute Gasteiger partial charge is 0.259 e. The summed E-state index contributed by atoms with van der Waals surface area (Å²) in [5.74, 6) is 1.42. The second kappa shape index (κ2) is 11.5. The Labute approximate surface area is 199 Å². The summed E-state index contributed by atoms with van der Waals surface area (Å²) in [4.78, 5) is 12.2. The van der Waals surface area contributed by atoms with Gasteiger partial charge in [-0.1, -0.05) is 13.8 Å². The number of furan rings is 1. The Kier molecular flexibility index (Phi) is 8.44. The maximum Gasteiger partial charge on any atom is 0.259 e. The third kappa shape index (κ3) is 6.24. The molecule has 3 aromatic rings. The molecule has 3 rings (SSSR count). The highest BCUT2D eigenvalue weighted by Gasteiger charge is 2.21. The van der Waals surface area contributed by atoms with Crippen molar-refractivity contribution in [3.63, 3.8) is 0 Å². The molecule has 180 valence electrons. The van der Waals surface area contributed by atoms with Crippen LogP contribution >= 0.6 is 0 Å². The normalized spacial score (nSPS) is 11.6. The number of methoxy groups -OCH3 is 1. The number of amides is 1. The van der Waals surface area contributed by atoms with Crippen LogP contribution in [-0.4, -0.2) is 51.6 Å². The number of rotatable bonds is 11. The number of carbonyl (C=O) groups is 1. The summed E-state index contributed by atoms with van der Waals surface area (Å²) in [6.45, 7) is 4.49. The summed E-state index contributed by atoms with van der Waals surface area (Å²) in [7, 11) is -1.92. The molecule has 2 N–H and O–H groups in total. The van der Waals surface area contributed by atoms with Crippen molar-refractivity contribution in [2.24, 2.45) is 5.10 Å². The molecule has 9 nitrogen and oxygen atoms in total. The van der Waals surface area contributed by atoms with Gasteiger partial charge in [-0.05, 0) is 60.7 Å². The first-order chi connectivity index (χ1) is 16.4. The quantitative estimate of drug-likeness (QED) is 0.318. The number of sulfonamides is 1. The zero-order chi connectivity index (χ0) is 24.6. The van der Waals surface area contributed by atoms with E-state index >= 15 is 0 Å². The van der Waals surface area contributed by atoms with Gasteiger partial charge >= 0.3 is 0 Å². The maximum atomic E-state index is 12.6. The summed E-state index contributed by atoms with van der Waals surface area (Å²) in [6, 6.07) is 17.2. The molecule has 1 aromatic heterocycles. The Morgan fingerprint density at radius 2 is 1.71 bits per heavy atom. The van der Waals surface area contributed by atoms with E-state index in [1.54, 1.807) is 69.5 Å². The van der Waals surface area contributed by atoms with Gasteiger partial charge in [-0.25, -0.2) is 13.8 Å². The van der Waals surface area contributed by atoms with Gasteiger partial charge in [0.15, 0.2) is 0 Å². The fourth-order valence-corrected chi connectivity index (χ4v) is 4.64. The molecule has 1 heterocycles. The lowest BCUT2D eigenvalue weighted by Crippen LogP contribution is -2.30. The average molecular weight is 485 g/mol. The first-order valence-electron chi connectivity index (χ1n) is 10.8. The van der Waals surface area contributed by atoms with Crippen LogP contribution < -0.4 is 15.5 Å². The van der Waals surface area contributed by atoms with E-state index < -0.39 is 10.0 Å². The number of hydrogen-bond donors (Lipinski definition) is 2. The summed E-state index contributed by atoms with van der Waals surface area (Å²) in [6.07, 6.45) is 1.40. The molecule has 1 amide bonds. The highest BCUT2D eigenvalue weighted by molar-refractivity contribution is 7.89. The van der Waals surface area contributed by atoms with E-state index in [0.29, 0.717) is 24.6 Å². The van der Waals surface area contributed by atoms with Crippen LogP contribution in [0.2, 0.25) is 0 Å². The lowest BCUT2D eigenvalue weighted by molar-refractivity contribution is -0.119. The minimum Gasteiger partial charge on any atom is -0.497 e. The molecule has 0 radical (unpaired) electrons. The van der Waals surface area contributed by atoms with Crippen molar-refractivity contribution in [1.29, 1.82) is 0 Å². The zero-order valence-corrected chi connectivity index (χ0v) is 20.1. The molecule has 0 spiro atoms. The van der Waals surface area contributed by atoms with Crippen molar-refractivity contribution in [2.75, 3.05) is 32.1 Å². The Morgan fingerprint density at radius 1 is 1.03 bits per heavy atom. The number of ether oxygens (including phenoxy) is 1. The third-order valence-corrected chi connectivity index (χ3v) is 7.10. The number of hydrazone groups is 1. The van der Waals surface area contributed by atoms with Crippen molar-refractivity contribution >= 4 is 27.8 Å². The van der Waals surface area contributed by atoms with Crippen LogP contribution in [0.4, 0.5) is 5.69 Å². The van der Waals surface area contributed by atoms with Crippen molar-refractivity contribution in [3.8, 4) is 17.1 Å². The molecule has 0 unspecified atom stereocenters. The van der Waals surface area contributed by atoms with Crippen LogP contribution in [0.1, 0.15) is 19.6 Å². The number of hydrogen-bond acceptors (Lipinski definition) is 7. The van der Waals surface area contributed by atoms with Gasteiger partial charge in [0, 0.05) is 24.3 Å². The van der Waals surface area contributed by atoms with Gasteiger partial charge in [-0.2, -0.15) is 9.41 Å². The molecule has 0 saturated carbocycles. The number of nitrogens with one attached hydrogen (secondary N) is 2. The summed E-state index contributed by atoms with van der Waals surface area (Å²) >= 11 is 0. The van der Waals surface area contributed by atoms with Crippen LogP contribution in [0.3, 0.4) is 0 Å². The first-order valence-corrected chi connectivity index (χ1v) is 12.2. The minimum atomic E-state index is -3.51. The Balaban J connectivity index is 1.55. The molecular formula is C24H28N4O5S. The number of carbonyl (C=O) groups excluding carboxylic acids is 1. The lowest BCUT2D eigenvalue weighted by Gasteiger charge is -2.18. The van der Waals surface area contributed by atoms with Crippen molar-refractivity contribution in [2.45, 2.75) is 18.7 Å². The van der Waals surface area contributed by atoms with E-state index in [2.05, 4.69) is 15.8 Å². The summed E-state index contributed by atoms with van der Waals surface area (Å²) in [5, 5.41) is 6.90. The van der Waals surface area contributed by atoms with E-state index in [-0.39, 0.29) is 17.3 Å². The predicted molar refractivity (Wildman–Crippen MR) is 131 cm³/mol. The maximum absolute atomic E-state index is 12.6. The topological polar surface area (TPSA) is 113 Å². The Morgan fingerprint density at radius 3 is 2.32 bits per heavy atom. The van der Waals surface area contributed by atoms with Gasteiger partial charge < -0.3 is 14.5 Å². The minimum absolute atomic E-state index is 0.0514. The fourth-order valence-electron chi connectivity index (χ4n) is 3.18. The second-order valence-electron chi connectivity index (χ2n) is 7.19. The van der Waals surface area contributed by atoms with Crippen LogP contribution in [-0.2, 0) is 14.8 Å². The SMILES string of the molecule is CCN(CC)S(=O)(=O)c1ccc(-c2ccc(/C=N/NC(=O)CNc3ccc(OC)cc3)o2)cc1. The molecule has 0 aliphatic heterocycles. The predicted octanol–water partition coefficient (Wildman–Crippen LogP) is 3.55. The van der Waals surface area contributed by atoms with Crippen LogP contribution in [0, 0.1) is 0 Å². The average Bonchev–Trinajstić information content (AvgIpc) is 3.32. The second-order valence-corrected chi connectivity index (χ2v) is 9.13. The molecule has 34 heavy (non-hydrogen) atoms. The molecular weight excluding hydrogens is 456 g/mol.